The van der Waals surface area contributed by atoms with Gasteiger partial charge in [-0.2, -0.15) is 0 Å². The van der Waals surface area contributed by atoms with E-state index in [0.29, 0.717) is 18.8 Å². The van der Waals surface area contributed by atoms with Crippen LogP contribution in [-0.4, -0.2) is 44.0 Å². The first-order valence-corrected chi connectivity index (χ1v) is 8.94. The third-order valence-electron chi connectivity index (χ3n) is 4.75. The fraction of sp³-hybridized carbons (Fsp3) is 0.333. The van der Waals surface area contributed by atoms with Gasteiger partial charge < -0.3 is 19.7 Å². The Balaban J connectivity index is 1.53. The number of benzene rings is 2. The van der Waals surface area contributed by atoms with Crippen molar-refractivity contribution in [3.05, 3.63) is 54.1 Å². The van der Waals surface area contributed by atoms with E-state index in [-0.39, 0.29) is 24.2 Å². The maximum Gasteiger partial charge on any atom is 0.229 e. The molecule has 6 heteroatoms. The van der Waals surface area contributed by atoms with Crippen molar-refractivity contribution in [3.8, 4) is 11.5 Å². The van der Waals surface area contributed by atoms with Crippen LogP contribution in [0.4, 0.5) is 5.69 Å². The van der Waals surface area contributed by atoms with Crippen LogP contribution in [0.3, 0.4) is 0 Å². The number of amides is 2. The molecule has 27 heavy (non-hydrogen) atoms. The number of nitrogens with zero attached hydrogens (tertiary/aromatic N) is 1. The van der Waals surface area contributed by atoms with Crippen LogP contribution in [-0.2, 0) is 16.0 Å². The average molecular weight is 368 g/mol. The first kappa shape index (κ1) is 18.8. The second kappa shape index (κ2) is 8.58. The van der Waals surface area contributed by atoms with Gasteiger partial charge in [0, 0.05) is 25.2 Å². The zero-order valence-corrected chi connectivity index (χ0v) is 15.6. The van der Waals surface area contributed by atoms with Crippen LogP contribution >= 0.6 is 0 Å². The van der Waals surface area contributed by atoms with Crippen LogP contribution < -0.4 is 14.8 Å². The molecule has 0 spiro atoms. The number of nitrogens with one attached hydrogen (secondary N) is 1. The van der Waals surface area contributed by atoms with Gasteiger partial charge in [0.15, 0.2) is 0 Å². The summed E-state index contributed by atoms with van der Waals surface area (Å²) in [5, 5.41) is 2.88. The van der Waals surface area contributed by atoms with Crippen molar-refractivity contribution in [1.29, 1.82) is 0 Å². The number of hydrogen-bond donors (Lipinski definition) is 1. The predicted molar refractivity (Wildman–Crippen MR) is 103 cm³/mol. The van der Waals surface area contributed by atoms with Gasteiger partial charge in [0.1, 0.15) is 11.5 Å². The number of carbonyl (C=O) groups excluding carboxylic acids is 2. The zero-order chi connectivity index (χ0) is 19.2. The molecule has 0 bridgehead atoms. The maximum absolute atomic E-state index is 12.5. The fourth-order valence-electron chi connectivity index (χ4n) is 3.17. The molecule has 3 rings (SSSR count). The standard InChI is InChI=1S/C21H24N2O4/c1-26-18-8-6-17(7-9-18)22-21(25)16-13-20(24)23(14-16)11-10-15-4-3-5-19(12-15)27-2/h3-9,12,16H,10-11,13-14H2,1-2H3,(H,22,25). The Bertz CT molecular complexity index is 804. The van der Waals surface area contributed by atoms with E-state index in [2.05, 4.69) is 5.32 Å². The molecule has 0 saturated carbocycles. The molecule has 0 aromatic heterocycles. The van der Waals surface area contributed by atoms with E-state index in [1.165, 1.54) is 0 Å². The Morgan fingerprint density at radius 3 is 2.56 bits per heavy atom. The van der Waals surface area contributed by atoms with Crippen LogP contribution in [0.5, 0.6) is 11.5 Å². The molecule has 2 aromatic carbocycles. The lowest BCUT2D eigenvalue weighted by molar-refractivity contribution is -0.128. The Morgan fingerprint density at radius 2 is 1.85 bits per heavy atom. The summed E-state index contributed by atoms with van der Waals surface area (Å²) in [6.45, 7) is 1.04. The highest BCUT2D eigenvalue weighted by atomic mass is 16.5. The number of anilines is 1. The molecule has 0 radical (unpaired) electrons. The smallest absolute Gasteiger partial charge is 0.229 e. The fourth-order valence-corrected chi connectivity index (χ4v) is 3.17. The van der Waals surface area contributed by atoms with E-state index in [9.17, 15) is 9.59 Å². The van der Waals surface area contributed by atoms with Gasteiger partial charge in [0.25, 0.3) is 0 Å². The second-order valence-corrected chi connectivity index (χ2v) is 6.56. The highest BCUT2D eigenvalue weighted by Crippen LogP contribution is 2.22. The van der Waals surface area contributed by atoms with Crippen molar-refractivity contribution in [3.63, 3.8) is 0 Å². The van der Waals surface area contributed by atoms with Gasteiger partial charge in [-0.05, 0) is 48.4 Å². The Labute approximate surface area is 159 Å². The van der Waals surface area contributed by atoms with Gasteiger partial charge in [-0.1, -0.05) is 12.1 Å². The van der Waals surface area contributed by atoms with Crippen LogP contribution in [0.15, 0.2) is 48.5 Å². The number of carbonyl (C=O) groups is 2. The molecule has 1 heterocycles. The molecule has 0 aliphatic carbocycles. The summed E-state index contributed by atoms with van der Waals surface area (Å²) in [6.07, 6.45) is 0.982. The summed E-state index contributed by atoms with van der Waals surface area (Å²) in [5.41, 5.74) is 1.80. The lowest BCUT2D eigenvalue weighted by Gasteiger charge is -2.17. The first-order chi connectivity index (χ1) is 13.1. The summed E-state index contributed by atoms with van der Waals surface area (Å²) >= 11 is 0. The molecular weight excluding hydrogens is 344 g/mol. The van der Waals surface area contributed by atoms with E-state index in [1.54, 1.807) is 43.4 Å². The molecule has 6 nitrogen and oxygen atoms in total. The SMILES string of the molecule is COc1ccc(NC(=O)C2CC(=O)N(CCc3cccc(OC)c3)C2)cc1. The summed E-state index contributed by atoms with van der Waals surface area (Å²) in [7, 11) is 3.23. The van der Waals surface area contributed by atoms with Crippen LogP contribution in [0.1, 0.15) is 12.0 Å². The van der Waals surface area contributed by atoms with Crippen molar-refractivity contribution < 1.29 is 19.1 Å². The number of rotatable bonds is 7. The molecule has 1 unspecified atom stereocenters. The molecule has 1 fully saturated rings. The monoisotopic (exact) mass is 368 g/mol. The third kappa shape index (κ3) is 4.78. The van der Waals surface area contributed by atoms with Gasteiger partial charge in [-0.15, -0.1) is 0 Å². The molecule has 1 aliphatic rings. The minimum absolute atomic E-state index is 0.0211. The number of hydrogen-bond acceptors (Lipinski definition) is 4. The molecule has 1 atom stereocenters. The number of likely N-dealkylation sites (tertiary alicyclic amines) is 1. The third-order valence-corrected chi connectivity index (χ3v) is 4.75. The number of ether oxygens (including phenoxy) is 2. The molecule has 2 amide bonds. The highest BCUT2D eigenvalue weighted by molar-refractivity contribution is 5.97. The topological polar surface area (TPSA) is 67.9 Å². The second-order valence-electron chi connectivity index (χ2n) is 6.56. The molecule has 1 aliphatic heterocycles. The quantitative estimate of drug-likeness (QED) is 0.816. The van der Waals surface area contributed by atoms with E-state index in [1.807, 2.05) is 24.3 Å². The summed E-state index contributed by atoms with van der Waals surface area (Å²) < 4.78 is 10.3. The largest absolute Gasteiger partial charge is 0.497 e. The van der Waals surface area contributed by atoms with Crippen LogP contribution in [0.25, 0.3) is 0 Å². The van der Waals surface area contributed by atoms with E-state index < -0.39 is 0 Å². The zero-order valence-electron chi connectivity index (χ0n) is 15.6. The minimum Gasteiger partial charge on any atom is -0.497 e. The van der Waals surface area contributed by atoms with E-state index in [0.717, 1.165) is 23.5 Å². The molecular formula is C21H24N2O4. The van der Waals surface area contributed by atoms with Gasteiger partial charge >= 0.3 is 0 Å². The predicted octanol–water partition coefficient (Wildman–Crippen LogP) is 2.73. The van der Waals surface area contributed by atoms with Crippen molar-refractivity contribution in [2.45, 2.75) is 12.8 Å². The molecule has 1 saturated heterocycles. The van der Waals surface area contributed by atoms with E-state index in [4.69, 9.17) is 9.47 Å². The van der Waals surface area contributed by atoms with Crippen LogP contribution in [0.2, 0.25) is 0 Å². The summed E-state index contributed by atoms with van der Waals surface area (Å²) in [6, 6.07) is 15.0. The highest BCUT2D eigenvalue weighted by Gasteiger charge is 2.34. The minimum atomic E-state index is -0.329. The van der Waals surface area contributed by atoms with Gasteiger partial charge in [0.05, 0.1) is 20.1 Å². The molecule has 2 aromatic rings. The Hall–Kier alpha value is -3.02. The van der Waals surface area contributed by atoms with Gasteiger partial charge in [-0.25, -0.2) is 0 Å². The lowest BCUT2D eigenvalue weighted by Crippen LogP contribution is -2.30. The lowest BCUT2D eigenvalue weighted by atomic mass is 10.1. The van der Waals surface area contributed by atoms with Crippen LogP contribution in [0, 0.1) is 5.92 Å². The van der Waals surface area contributed by atoms with Crippen molar-refractivity contribution >= 4 is 17.5 Å². The van der Waals surface area contributed by atoms with Crippen molar-refractivity contribution in [1.82, 2.24) is 4.90 Å². The van der Waals surface area contributed by atoms with Gasteiger partial charge in [-0.3, -0.25) is 9.59 Å². The summed E-state index contributed by atoms with van der Waals surface area (Å²) in [5.74, 6) is 1.10. The van der Waals surface area contributed by atoms with E-state index >= 15 is 0 Å². The molecule has 1 N–H and O–H groups in total. The maximum atomic E-state index is 12.5. The average Bonchev–Trinajstić information content (AvgIpc) is 3.08. The Kier molecular flexibility index (Phi) is 5.96. The first-order valence-electron chi connectivity index (χ1n) is 8.94. The normalized spacial score (nSPS) is 16.3. The Morgan fingerprint density at radius 1 is 1.11 bits per heavy atom. The number of methoxy groups -OCH3 is 2. The van der Waals surface area contributed by atoms with Crippen molar-refractivity contribution in [2.75, 3.05) is 32.6 Å². The molecule has 142 valence electrons. The summed E-state index contributed by atoms with van der Waals surface area (Å²) in [4.78, 5) is 26.5. The van der Waals surface area contributed by atoms with Crippen molar-refractivity contribution in [2.24, 2.45) is 5.92 Å². The van der Waals surface area contributed by atoms with Gasteiger partial charge in [0.2, 0.25) is 11.8 Å².